The van der Waals surface area contributed by atoms with Crippen molar-refractivity contribution in [3.63, 3.8) is 0 Å². The van der Waals surface area contributed by atoms with Gasteiger partial charge in [0.25, 0.3) is 5.91 Å². The minimum atomic E-state index is -0.0520. The average molecular weight is 346 g/mol. The van der Waals surface area contributed by atoms with Gasteiger partial charge in [-0.25, -0.2) is 4.98 Å². The maximum absolute atomic E-state index is 12.5. The number of hydrogen-bond donors (Lipinski definition) is 1. The molecule has 0 spiro atoms. The van der Waals surface area contributed by atoms with Crippen molar-refractivity contribution in [2.75, 3.05) is 0 Å². The van der Waals surface area contributed by atoms with Crippen molar-refractivity contribution in [2.45, 2.75) is 20.4 Å². The monoisotopic (exact) mass is 346 g/mol. The van der Waals surface area contributed by atoms with Gasteiger partial charge in [-0.15, -0.1) is 11.3 Å². The first-order valence-corrected chi connectivity index (χ1v) is 9.05. The Bertz CT molecular complexity index is 1080. The van der Waals surface area contributed by atoms with E-state index in [4.69, 9.17) is 4.98 Å². The van der Waals surface area contributed by atoms with Crippen molar-refractivity contribution in [3.8, 4) is 0 Å². The van der Waals surface area contributed by atoms with Gasteiger partial charge in [-0.1, -0.05) is 42.0 Å². The number of benzene rings is 2. The molecule has 4 heteroatoms. The molecule has 0 aliphatic carbocycles. The van der Waals surface area contributed by atoms with Gasteiger partial charge in [-0.05, 0) is 43.2 Å². The lowest BCUT2D eigenvalue weighted by molar-refractivity contribution is 0.0955. The lowest BCUT2D eigenvalue weighted by Crippen LogP contribution is -2.21. The van der Waals surface area contributed by atoms with Gasteiger partial charge in [0, 0.05) is 17.3 Å². The Labute approximate surface area is 150 Å². The Kier molecular flexibility index (Phi) is 3.98. The van der Waals surface area contributed by atoms with Crippen molar-refractivity contribution >= 4 is 38.4 Å². The fourth-order valence-electron chi connectivity index (χ4n) is 2.82. The maximum atomic E-state index is 12.5. The predicted octanol–water partition coefficient (Wildman–Crippen LogP) is 5.00. The van der Waals surface area contributed by atoms with Crippen molar-refractivity contribution in [3.05, 3.63) is 76.2 Å². The van der Waals surface area contributed by atoms with Crippen LogP contribution in [0, 0.1) is 13.8 Å². The lowest BCUT2D eigenvalue weighted by atomic mass is 10.1. The molecule has 0 unspecified atom stereocenters. The molecule has 0 atom stereocenters. The molecule has 0 radical (unpaired) electrons. The standard InChI is InChI=1S/C21H18N2OS/c1-13-3-6-15(7-4-13)12-22-20(24)19-11-17-10-16-8-5-14(2)9-18(16)23-21(17)25-19/h3-11H,12H2,1-2H3,(H,22,24). The van der Waals surface area contributed by atoms with Crippen LogP contribution in [0.1, 0.15) is 26.4 Å². The second kappa shape index (κ2) is 6.30. The molecule has 1 N–H and O–H groups in total. The van der Waals surface area contributed by atoms with E-state index in [1.165, 1.54) is 22.5 Å². The van der Waals surface area contributed by atoms with Crippen LogP contribution in [-0.4, -0.2) is 10.9 Å². The lowest BCUT2D eigenvalue weighted by Gasteiger charge is -2.04. The van der Waals surface area contributed by atoms with Gasteiger partial charge in [0.2, 0.25) is 0 Å². The predicted molar refractivity (Wildman–Crippen MR) is 104 cm³/mol. The fraction of sp³-hybridized carbons (Fsp3) is 0.143. The van der Waals surface area contributed by atoms with Gasteiger partial charge in [-0.2, -0.15) is 0 Å². The van der Waals surface area contributed by atoms with E-state index in [9.17, 15) is 4.79 Å². The number of nitrogens with zero attached hydrogens (tertiary/aromatic N) is 1. The Morgan fingerprint density at radius 2 is 1.72 bits per heavy atom. The minimum Gasteiger partial charge on any atom is -0.347 e. The third kappa shape index (κ3) is 3.26. The van der Waals surface area contributed by atoms with E-state index in [1.807, 2.05) is 18.2 Å². The number of aromatic nitrogens is 1. The maximum Gasteiger partial charge on any atom is 0.261 e. The van der Waals surface area contributed by atoms with Gasteiger partial charge >= 0.3 is 0 Å². The fourth-order valence-corrected chi connectivity index (χ4v) is 3.76. The molecular weight excluding hydrogens is 328 g/mol. The number of thiophene rings is 1. The minimum absolute atomic E-state index is 0.0520. The van der Waals surface area contributed by atoms with Gasteiger partial charge in [0.15, 0.2) is 0 Å². The second-order valence-corrected chi connectivity index (χ2v) is 7.39. The van der Waals surface area contributed by atoms with E-state index in [1.54, 1.807) is 0 Å². The van der Waals surface area contributed by atoms with Crippen LogP contribution in [0.5, 0.6) is 0 Å². The number of hydrogen-bond acceptors (Lipinski definition) is 3. The molecule has 4 rings (SSSR count). The largest absolute Gasteiger partial charge is 0.347 e. The molecule has 2 heterocycles. The molecule has 4 aromatic rings. The SMILES string of the molecule is Cc1ccc(CNC(=O)c2cc3cc4ccc(C)cc4nc3s2)cc1. The zero-order chi connectivity index (χ0) is 17.4. The summed E-state index contributed by atoms with van der Waals surface area (Å²) < 4.78 is 0. The van der Waals surface area contributed by atoms with Crippen molar-refractivity contribution in [2.24, 2.45) is 0 Å². The molecule has 25 heavy (non-hydrogen) atoms. The summed E-state index contributed by atoms with van der Waals surface area (Å²) in [6, 6.07) is 18.4. The molecule has 0 aliphatic heterocycles. The van der Waals surface area contributed by atoms with Gasteiger partial charge in [0.05, 0.1) is 10.4 Å². The summed E-state index contributed by atoms with van der Waals surface area (Å²) in [6.45, 7) is 4.64. The summed E-state index contributed by atoms with van der Waals surface area (Å²) in [5.41, 5.74) is 4.47. The summed E-state index contributed by atoms with van der Waals surface area (Å²) in [4.78, 5) is 18.8. The third-order valence-electron chi connectivity index (χ3n) is 4.26. The van der Waals surface area contributed by atoms with Crippen molar-refractivity contribution in [1.82, 2.24) is 10.3 Å². The van der Waals surface area contributed by atoms with E-state index in [2.05, 4.69) is 55.6 Å². The van der Waals surface area contributed by atoms with Crippen molar-refractivity contribution in [1.29, 1.82) is 0 Å². The quantitative estimate of drug-likeness (QED) is 0.567. The van der Waals surface area contributed by atoms with Crippen molar-refractivity contribution < 1.29 is 4.79 Å². The zero-order valence-electron chi connectivity index (χ0n) is 14.2. The van der Waals surface area contributed by atoms with E-state index in [0.717, 1.165) is 26.7 Å². The highest BCUT2D eigenvalue weighted by Crippen LogP contribution is 2.27. The molecule has 0 fully saturated rings. The van der Waals surface area contributed by atoms with Crippen LogP contribution >= 0.6 is 11.3 Å². The van der Waals surface area contributed by atoms with Crippen LogP contribution in [0.3, 0.4) is 0 Å². The second-order valence-electron chi connectivity index (χ2n) is 6.36. The number of amides is 1. The number of carbonyl (C=O) groups excluding carboxylic acids is 1. The number of aryl methyl sites for hydroxylation is 2. The number of rotatable bonds is 3. The molecule has 124 valence electrons. The smallest absolute Gasteiger partial charge is 0.261 e. The van der Waals surface area contributed by atoms with E-state index < -0.39 is 0 Å². The Hall–Kier alpha value is -2.72. The summed E-state index contributed by atoms with van der Waals surface area (Å²) in [5, 5.41) is 5.11. The van der Waals surface area contributed by atoms with Crippen LogP contribution in [-0.2, 0) is 6.54 Å². The molecule has 2 aromatic heterocycles. The highest BCUT2D eigenvalue weighted by molar-refractivity contribution is 7.20. The highest BCUT2D eigenvalue weighted by Gasteiger charge is 2.12. The molecule has 0 aliphatic rings. The van der Waals surface area contributed by atoms with Gasteiger partial charge in [-0.3, -0.25) is 4.79 Å². The number of fused-ring (bicyclic) bond motifs is 2. The van der Waals surface area contributed by atoms with Crippen LogP contribution in [0.15, 0.2) is 54.6 Å². The highest BCUT2D eigenvalue weighted by atomic mass is 32.1. The van der Waals surface area contributed by atoms with E-state index >= 15 is 0 Å². The van der Waals surface area contributed by atoms with Crippen LogP contribution < -0.4 is 5.32 Å². The molecule has 0 saturated carbocycles. The zero-order valence-corrected chi connectivity index (χ0v) is 15.0. The third-order valence-corrected chi connectivity index (χ3v) is 5.30. The molecule has 3 nitrogen and oxygen atoms in total. The normalized spacial score (nSPS) is 11.1. The molecule has 1 amide bonds. The average Bonchev–Trinajstić information content (AvgIpc) is 3.02. The molecular formula is C21H18N2OS. The molecule has 2 aromatic carbocycles. The number of pyridine rings is 1. The summed E-state index contributed by atoms with van der Waals surface area (Å²) >= 11 is 1.44. The molecule has 0 saturated heterocycles. The van der Waals surface area contributed by atoms with Crippen LogP contribution in [0.2, 0.25) is 0 Å². The first-order chi connectivity index (χ1) is 12.1. The van der Waals surface area contributed by atoms with Gasteiger partial charge < -0.3 is 5.32 Å². The number of nitrogens with one attached hydrogen (secondary N) is 1. The van der Waals surface area contributed by atoms with Crippen LogP contribution in [0.25, 0.3) is 21.1 Å². The van der Waals surface area contributed by atoms with Crippen LogP contribution in [0.4, 0.5) is 0 Å². The Morgan fingerprint density at radius 1 is 0.960 bits per heavy atom. The summed E-state index contributed by atoms with van der Waals surface area (Å²) in [7, 11) is 0. The summed E-state index contributed by atoms with van der Waals surface area (Å²) in [6.07, 6.45) is 0. The first kappa shape index (κ1) is 15.8. The Balaban J connectivity index is 1.58. The van der Waals surface area contributed by atoms with Gasteiger partial charge in [0.1, 0.15) is 4.83 Å². The van der Waals surface area contributed by atoms with E-state index in [0.29, 0.717) is 11.4 Å². The Morgan fingerprint density at radius 3 is 2.52 bits per heavy atom. The first-order valence-electron chi connectivity index (χ1n) is 8.23. The van der Waals surface area contributed by atoms with E-state index in [-0.39, 0.29) is 5.91 Å². The summed E-state index contributed by atoms with van der Waals surface area (Å²) in [5.74, 6) is -0.0520. The topological polar surface area (TPSA) is 42.0 Å². The molecule has 0 bridgehead atoms. The number of carbonyl (C=O) groups is 1.